The molecule has 1 amide bonds. The van der Waals surface area contributed by atoms with Gasteiger partial charge in [-0.2, -0.15) is 5.26 Å². The van der Waals surface area contributed by atoms with Crippen molar-refractivity contribution in [2.45, 2.75) is 26.3 Å². The Morgan fingerprint density at radius 3 is 2.61 bits per heavy atom. The molecule has 3 rings (SSSR count). The Bertz CT molecular complexity index is 1050. The molecule has 0 fully saturated rings. The molecule has 0 saturated heterocycles. The predicted molar refractivity (Wildman–Crippen MR) is 109 cm³/mol. The molecule has 2 aromatic carbocycles. The number of hydrogen-bond donors (Lipinski definition) is 1. The van der Waals surface area contributed by atoms with E-state index in [0.29, 0.717) is 16.8 Å². The van der Waals surface area contributed by atoms with Crippen molar-refractivity contribution in [3.05, 3.63) is 75.1 Å². The lowest BCUT2D eigenvalue weighted by Crippen LogP contribution is -2.23. The first kappa shape index (κ1) is 20.0. The highest BCUT2D eigenvalue weighted by molar-refractivity contribution is 7.15. The van der Waals surface area contributed by atoms with Gasteiger partial charge in [0.25, 0.3) is 5.91 Å². The van der Waals surface area contributed by atoms with Crippen molar-refractivity contribution in [1.82, 2.24) is 10.3 Å². The Morgan fingerprint density at radius 2 is 2.00 bits per heavy atom. The van der Waals surface area contributed by atoms with Crippen LogP contribution in [-0.2, 0) is 6.54 Å². The number of aromatic nitrogens is 1. The second-order valence-electron chi connectivity index (χ2n) is 6.50. The third kappa shape index (κ3) is 4.38. The number of halogens is 2. The van der Waals surface area contributed by atoms with E-state index in [1.54, 1.807) is 18.2 Å². The van der Waals surface area contributed by atoms with Gasteiger partial charge in [0.2, 0.25) is 0 Å². The summed E-state index contributed by atoms with van der Waals surface area (Å²) < 4.78 is 13.6. The van der Waals surface area contributed by atoms with Crippen LogP contribution in [0.2, 0.25) is 5.02 Å². The lowest BCUT2D eigenvalue weighted by atomic mass is 10.1. The maximum atomic E-state index is 13.6. The fourth-order valence-corrected chi connectivity index (χ4v) is 3.73. The topological polar surface area (TPSA) is 65.8 Å². The number of rotatable bonds is 5. The number of carbonyl (C=O) groups excluding carboxylic acids is 1. The summed E-state index contributed by atoms with van der Waals surface area (Å²) in [5.41, 5.74) is 2.31. The Morgan fingerprint density at radius 1 is 1.29 bits per heavy atom. The summed E-state index contributed by atoms with van der Waals surface area (Å²) in [4.78, 5) is 18.0. The number of benzene rings is 2. The molecule has 0 radical (unpaired) electrons. The molecule has 3 aromatic rings. The zero-order valence-electron chi connectivity index (χ0n) is 15.3. The van der Waals surface area contributed by atoms with Crippen molar-refractivity contribution in [2.24, 2.45) is 0 Å². The molecule has 0 aliphatic rings. The minimum absolute atomic E-state index is 0.0410. The molecule has 28 heavy (non-hydrogen) atoms. The van der Waals surface area contributed by atoms with Gasteiger partial charge < -0.3 is 5.32 Å². The maximum absolute atomic E-state index is 13.6. The average Bonchev–Trinajstić information content (AvgIpc) is 3.14. The van der Waals surface area contributed by atoms with Crippen LogP contribution in [0.3, 0.4) is 0 Å². The van der Waals surface area contributed by atoms with E-state index in [1.807, 2.05) is 26.0 Å². The molecule has 1 aromatic heterocycles. The molecular formula is C21H17ClFN3OS. The van der Waals surface area contributed by atoms with E-state index in [2.05, 4.69) is 16.4 Å². The van der Waals surface area contributed by atoms with E-state index in [1.165, 1.54) is 23.5 Å². The number of amides is 1. The van der Waals surface area contributed by atoms with Gasteiger partial charge in [-0.1, -0.05) is 43.6 Å². The van der Waals surface area contributed by atoms with E-state index in [0.717, 1.165) is 15.4 Å². The van der Waals surface area contributed by atoms with Gasteiger partial charge in [-0.05, 0) is 35.4 Å². The highest BCUT2D eigenvalue weighted by atomic mass is 35.5. The number of carbonyl (C=O) groups is 1. The summed E-state index contributed by atoms with van der Waals surface area (Å²) in [5, 5.41) is 12.7. The minimum Gasteiger partial charge on any atom is -0.347 e. The average molecular weight is 414 g/mol. The molecule has 7 heteroatoms. The quantitative estimate of drug-likeness (QED) is 0.598. The Balaban J connectivity index is 1.87. The van der Waals surface area contributed by atoms with E-state index in [4.69, 9.17) is 16.9 Å². The van der Waals surface area contributed by atoms with Crippen LogP contribution in [0.4, 0.5) is 4.39 Å². The molecule has 0 aliphatic carbocycles. The van der Waals surface area contributed by atoms with E-state index < -0.39 is 5.82 Å². The molecule has 0 spiro atoms. The van der Waals surface area contributed by atoms with Gasteiger partial charge in [0.1, 0.15) is 11.5 Å². The van der Waals surface area contributed by atoms with Gasteiger partial charge in [0.05, 0.1) is 26.5 Å². The van der Waals surface area contributed by atoms with Crippen LogP contribution < -0.4 is 5.32 Å². The monoisotopic (exact) mass is 413 g/mol. The largest absolute Gasteiger partial charge is 0.347 e. The van der Waals surface area contributed by atoms with Gasteiger partial charge in [-0.15, -0.1) is 11.3 Å². The van der Waals surface area contributed by atoms with Crippen LogP contribution >= 0.6 is 22.9 Å². The highest BCUT2D eigenvalue weighted by Gasteiger charge is 2.21. The molecule has 0 atom stereocenters. The summed E-state index contributed by atoms with van der Waals surface area (Å²) in [6, 6.07) is 13.5. The molecule has 1 N–H and O–H groups in total. The Hall–Kier alpha value is -2.75. The normalized spacial score (nSPS) is 10.7. The molecular weight excluding hydrogens is 397 g/mol. The van der Waals surface area contributed by atoms with Gasteiger partial charge in [-0.25, -0.2) is 9.37 Å². The number of nitrogens with one attached hydrogen (secondary N) is 1. The standard InChI is InChI=1S/C21H17ClFN3OS/c1-12(2)21-26-18(19(28-21)15-6-3-13(10-24)4-7-15)20(27)25-11-14-5-8-16(22)17(23)9-14/h3-9,12H,11H2,1-2H3,(H,25,27). The first-order valence-corrected chi connectivity index (χ1v) is 9.82. The van der Waals surface area contributed by atoms with Crippen molar-refractivity contribution in [3.63, 3.8) is 0 Å². The second-order valence-corrected chi connectivity index (χ2v) is 7.94. The summed E-state index contributed by atoms with van der Waals surface area (Å²) in [6.07, 6.45) is 0. The zero-order chi connectivity index (χ0) is 20.3. The van der Waals surface area contributed by atoms with Gasteiger partial charge in [0.15, 0.2) is 0 Å². The number of hydrogen-bond acceptors (Lipinski definition) is 4. The third-order valence-corrected chi connectivity index (χ3v) is 5.78. The Labute approximate surface area is 171 Å². The van der Waals surface area contributed by atoms with Gasteiger partial charge >= 0.3 is 0 Å². The van der Waals surface area contributed by atoms with Crippen LogP contribution in [0.1, 0.15) is 46.4 Å². The summed E-state index contributed by atoms with van der Waals surface area (Å²) in [7, 11) is 0. The zero-order valence-corrected chi connectivity index (χ0v) is 16.9. The SMILES string of the molecule is CC(C)c1nc(C(=O)NCc2ccc(Cl)c(F)c2)c(-c2ccc(C#N)cc2)s1. The Kier molecular flexibility index (Phi) is 6.08. The van der Waals surface area contributed by atoms with Crippen molar-refractivity contribution < 1.29 is 9.18 Å². The molecule has 4 nitrogen and oxygen atoms in total. The fourth-order valence-electron chi connectivity index (χ4n) is 2.54. The second kappa shape index (κ2) is 8.51. The number of nitriles is 1. The van der Waals surface area contributed by atoms with Crippen molar-refractivity contribution in [2.75, 3.05) is 0 Å². The van der Waals surface area contributed by atoms with Gasteiger partial charge in [-0.3, -0.25) is 4.79 Å². The minimum atomic E-state index is -0.526. The van der Waals surface area contributed by atoms with Crippen LogP contribution in [0.15, 0.2) is 42.5 Å². The van der Waals surface area contributed by atoms with E-state index in [9.17, 15) is 9.18 Å². The van der Waals surface area contributed by atoms with Crippen LogP contribution in [0, 0.1) is 17.1 Å². The number of nitrogens with zero attached hydrogens (tertiary/aromatic N) is 2. The summed E-state index contributed by atoms with van der Waals surface area (Å²) in [6.45, 7) is 4.19. The fraction of sp³-hybridized carbons (Fsp3) is 0.190. The van der Waals surface area contributed by atoms with Crippen molar-refractivity contribution in [3.8, 4) is 16.5 Å². The molecule has 1 heterocycles. The molecule has 0 saturated carbocycles. The third-order valence-electron chi connectivity index (χ3n) is 4.07. The van der Waals surface area contributed by atoms with Crippen molar-refractivity contribution >= 4 is 28.8 Å². The molecule has 0 bridgehead atoms. The first-order valence-electron chi connectivity index (χ1n) is 8.62. The number of thiazole rings is 1. The summed E-state index contributed by atoms with van der Waals surface area (Å²) >= 11 is 7.15. The van der Waals surface area contributed by atoms with Crippen LogP contribution in [0.5, 0.6) is 0 Å². The van der Waals surface area contributed by atoms with Gasteiger partial charge in [0, 0.05) is 12.5 Å². The smallest absolute Gasteiger partial charge is 0.271 e. The highest BCUT2D eigenvalue weighted by Crippen LogP contribution is 2.33. The molecule has 0 unspecified atom stereocenters. The molecule has 142 valence electrons. The van der Waals surface area contributed by atoms with E-state index >= 15 is 0 Å². The van der Waals surface area contributed by atoms with E-state index in [-0.39, 0.29) is 23.4 Å². The lowest BCUT2D eigenvalue weighted by molar-refractivity contribution is 0.0947. The predicted octanol–water partition coefficient (Wildman–Crippen LogP) is 5.53. The summed E-state index contributed by atoms with van der Waals surface area (Å²) in [5.74, 6) is -0.686. The van der Waals surface area contributed by atoms with Crippen LogP contribution in [-0.4, -0.2) is 10.9 Å². The molecule has 0 aliphatic heterocycles. The van der Waals surface area contributed by atoms with Crippen LogP contribution in [0.25, 0.3) is 10.4 Å². The first-order chi connectivity index (χ1) is 13.4. The van der Waals surface area contributed by atoms with Crippen molar-refractivity contribution in [1.29, 1.82) is 5.26 Å². The maximum Gasteiger partial charge on any atom is 0.271 e. The lowest BCUT2D eigenvalue weighted by Gasteiger charge is -2.06.